The summed E-state index contributed by atoms with van der Waals surface area (Å²) in [6.45, 7) is 4.08. The Balaban J connectivity index is 1.57. The Morgan fingerprint density at radius 3 is 2.68 bits per heavy atom. The summed E-state index contributed by atoms with van der Waals surface area (Å²) >= 11 is 6.18. The second kappa shape index (κ2) is 6.89. The maximum atomic E-state index is 6.18. The standard InChI is InChI=1S/C20H21ClN4/c1-14-19(24-13-23-14)15-7-10-25(11-8-15)20-18(6-3-9-22-20)16-4-2-5-17(21)12-16/h2-6,9,12-13,15H,7-8,10-11H2,1H3,(H,23,24). The first-order chi connectivity index (χ1) is 12.2. The van der Waals surface area contributed by atoms with Crippen LogP contribution >= 0.6 is 11.6 Å². The molecule has 2 aromatic heterocycles. The number of imidazole rings is 1. The molecule has 3 aromatic rings. The molecule has 1 aliphatic rings. The van der Waals surface area contributed by atoms with Crippen molar-refractivity contribution in [2.75, 3.05) is 18.0 Å². The Bertz CT molecular complexity index is 865. The number of benzene rings is 1. The summed E-state index contributed by atoms with van der Waals surface area (Å²) in [7, 11) is 0. The van der Waals surface area contributed by atoms with Crippen LogP contribution in [0.4, 0.5) is 5.82 Å². The van der Waals surface area contributed by atoms with Crippen molar-refractivity contribution >= 4 is 17.4 Å². The summed E-state index contributed by atoms with van der Waals surface area (Å²) in [4.78, 5) is 14.8. The van der Waals surface area contributed by atoms with E-state index in [-0.39, 0.29) is 0 Å². The molecule has 0 saturated carbocycles. The van der Waals surface area contributed by atoms with Gasteiger partial charge in [-0.25, -0.2) is 9.97 Å². The van der Waals surface area contributed by atoms with Gasteiger partial charge in [0.1, 0.15) is 5.82 Å². The lowest BCUT2D eigenvalue weighted by molar-refractivity contribution is 0.493. The lowest BCUT2D eigenvalue weighted by Crippen LogP contribution is -2.34. The zero-order chi connectivity index (χ0) is 17.2. The van der Waals surface area contributed by atoms with Crippen molar-refractivity contribution in [2.45, 2.75) is 25.7 Å². The lowest BCUT2D eigenvalue weighted by Gasteiger charge is -2.33. The SMILES string of the molecule is Cc1[nH]cnc1C1CCN(c2ncccc2-c2cccc(Cl)c2)CC1. The molecule has 0 unspecified atom stereocenters. The van der Waals surface area contributed by atoms with Crippen LogP contribution in [0.2, 0.25) is 5.02 Å². The molecule has 0 aliphatic carbocycles. The van der Waals surface area contributed by atoms with Crippen molar-refractivity contribution < 1.29 is 0 Å². The molecule has 0 spiro atoms. The van der Waals surface area contributed by atoms with Gasteiger partial charge in [0.2, 0.25) is 0 Å². The third kappa shape index (κ3) is 3.27. The molecule has 0 radical (unpaired) electrons. The van der Waals surface area contributed by atoms with E-state index in [1.807, 2.05) is 30.5 Å². The van der Waals surface area contributed by atoms with E-state index in [4.69, 9.17) is 11.6 Å². The smallest absolute Gasteiger partial charge is 0.136 e. The maximum absolute atomic E-state index is 6.18. The van der Waals surface area contributed by atoms with Gasteiger partial charge in [-0.15, -0.1) is 0 Å². The minimum Gasteiger partial charge on any atom is -0.356 e. The van der Waals surface area contributed by atoms with Crippen LogP contribution in [0, 0.1) is 6.92 Å². The van der Waals surface area contributed by atoms with Gasteiger partial charge in [-0.2, -0.15) is 0 Å². The second-order valence-electron chi connectivity index (χ2n) is 6.56. The van der Waals surface area contributed by atoms with Crippen LogP contribution in [0.3, 0.4) is 0 Å². The summed E-state index contributed by atoms with van der Waals surface area (Å²) in [5.74, 6) is 1.57. The molecule has 1 saturated heterocycles. The molecule has 4 nitrogen and oxygen atoms in total. The Labute approximate surface area is 152 Å². The first kappa shape index (κ1) is 16.2. The van der Waals surface area contributed by atoms with Gasteiger partial charge >= 0.3 is 0 Å². The lowest BCUT2D eigenvalue weighted by atomic mass is 9.92. The number of piperidine rings is 1. The normalized spacial score (nSPS) is 15.5. The fourth-order valence-corrected chi connectivity index (χ4v) is 3.87. The largest absolute Gasteiger partial charge is 0.356 e. The number of nitrogens with zero attached hydrogens (tertiary/aromatic N) is 3. The van der Waals surface area contributed by atoms with Crippen LogP contribution in [0.1, 0.15) is 30.1 Å². The van der Waals surface area contributed by atoms with E-state index in [0.29, 0.717) is 5.92 Å². The summed E-state index contributed by atoms with van der Waals surface area (Å²) in [6, 6.07) is 12.1. The monoisotopic (exact) mass is 352 g/mol. The van der Waals surface area contributed by atoms with E-state index in [1.54, 1.807) is 6.33 Å². The average Bonchev–Trinajstić information content (AvgIpc) is 3.08. The van der Waals surface area contributed by atoms with Gasteiger partial charge in [-0.05, 0) is 49.6 Å². The Kier molecular flexibility index (Phi) is 4.45. The number of hydrogen-bond acceptors (Lipinski definition) is 3. The van der Waals surface area contributed by atoms with Crippen molar-refractivity contribution in [3.05, 3.63) is 65.3 Å². The number of pyridine rings is 1. The first-order valence-electron chi connectivity index (χ1n) is 8.68. The van der Waals surface area contributed by atoms with Crippen LogP contribution in [-0.2, 0) is 0 Å². The number of nitrogens with one attached hydrogen (secondary N) is 1. The second-order valence-corrected chi connectivity index (χ2v) is 7.00. The van der Waals surface area contributed by atoms with Crippen LogP contribution in [0.15, 0.2) is 48.9 Å². The summed E-state index contributed by atoms with van der Waals surface area (Å²) < 4.78 is 0. The fourth-order valence-electron chi connectivity index (χ4n) is 3.68. The molecule has 1 N–H and O–H groups in total. The van der Waals surface area contributed by atoms with Gasteiger partial charge in [0.25, 0.3) is 0 Å². The third-order valence-corrected chi connectivity index (χ3v) is 5.21. The highest BCUT2D eigenvalue weighted by molar-refractivity contribution is 6.30. The predicted molar refractivity (Wildman–Crippen MR) is 102 cm³/mol. The van der Waals surface area contributed by atoms with Gasteiger partial charge < -0.3 is 9.88 Å². The van der Waals surface area contributed by atoms with Crippen LogP contribution in [-0.4, -0.2) is 28.0 Å². The molecule has 1 aliphatic heterocycles. The van der Waals surface area contributed by atoms with Gasteiger partial charge in [-0.1, -0.05) is 23.7 Å². The molecule has 4 rings (SSSR count). The van der Waals surface area contributed by atoms with Crippen molar-refractivity contribution in [2.24, 2.45) is 0 Å². The van der Waals surface area contributed by atoms with Crippen LogP contribution in [0.5, 0.6) is 0 Å². The van der Waals surface area contributed by atoms with Crippen molar-refractivity contribution in [3.8, 4) is 11.1 Å². The number of anilines is 1. The highest BCUT2D eigenvalue weighted by Crippen LogP contribution is 2.35. The van der Waals surface area contributed by atoms with E-state index in [1.165, 1.54) is 11.4 Å². The van der Waals surface area contributed by atoms with E-state index >= 15 is 0 Å². The topological polar surface area (TPSA) is 44.8 Å². The first-order valence-corrected chi connectivity index (χ1v) is 9.06. The molecule has 5 heteroatoms. The number of aryl methyl sites for hydroxylation is 1. The molecule has 128 valence electrons. The molecule has 3 heterocycles. The number of aromatic amines is 1. The zero-order valence-electron chi connectivity index (χ0n) is 14.2. The molecule has 0 bridgehead atoms. The zero-order valence-corrected chi connectivity index (χ0v) is 15.0. The van der Waals surface area contributed by atoms with Gasteiger partial charge in [-0.3, -0.25) is 0 Å². The summed E-state index contributed by atoms with van der Waals surface area (Å²) in [5.41, 5.74) is 4.66. The van der Waals surface area contributed by atoms with Gasteiger partial charge in [0.05, 0.1) is 12.0 Å². The Hall–Kier alpha value is -2.33. The molecule has 1 fully saturated rings. The van der Waals surface area contributed by atoms with Crippen LogP contribution in [0.25, 0.3) is 11.1 Å². The van der Waals surface area contributed by atoms with E-state index in [0.717, 1.165) is 47.9 Å². The summed E-state index contributed by atoms with van der Waals surface area (Å²) in [5, 5.41) is 0.750. The molecule has 0 amide bonds. The Morgan fingerprint density at radius 2 is 1.96 bits per heavy atom. The Morgan fingerprint density at radius 1 is 1.12 bits per heavy atom. The number of H-pyrrole nitrogens is 1. The van der Waals surface area contributed by atoms with Gasteiger partial charge in [0, 0.05) is 41.5 Å². The van der Waals surface area contributed by atoms with E-state index in [2.05, 4.69) is 38.9 Å². The maximum Gasteiger partial charge on any atom is 0.136 e. The number of rotatable bonds is 3. The minimum atomic E-state index is 0.529. The van der Waals surface area contributed by atoms with E-state index < -0.39 is 0 Å². The average molecular weight is 353 g/mol. The fraction of sp³-hybridized carbons (Fsp3) is 0.300. The van der Waals surface area contributed by atoms with Crippen molar-refractivity contribution in [1.29, 1.82) is 0 Å². The molecule has 25 heavy (non-hydrogen) atoms. The van der Waals surface area contributed by atoms with Gasteiger partial charge in [0.15, 0.2) is 0 Å². The van der Waals surface area contributed by atoms with Crippen LogP contribution < -0.4 is 4.90 Å². The number of aromatic nitrogens is 3. The summed E-state index contributed by atoms with van der Waals surface area (Å²) in [6.07, 6.45) is 5.86. The highest BCUT2D eigenvalue weighted by atomic mass is 35.5. The van der Waals surface area contributed by atoms with Crippen molar-refractivity contribution in [3.63, 3.8) is 0 Å². The van der Waals surface area contributed by atoms with Crippen molar-refractivity contribution in [1.82, 2.24) is 15.0 Å². The molecular formula is C20H21ClN4. The highest BCUT2D eigenvalue weighted by Gasteiger charge is 2.25. The predicted octanol–water partition coefficient (Wildman–Crippen LogP) is 4.82. The molecule has 1 aromatic carbocycles. The molecule has 0 atom stereocenters. The molecular weight excluding hydrogens is 332 g/mol. The number of hydrogen-bond donors (Lipinski definition) is 1. The third-order valence-electron chi connectivity index (χ3n) is 4.97. The number of halogens is 1. The van der Waals surface area contributed by atoms with E-state index in [9.17, 15) is 0 Å². The minimum absolute atomic E-state index is 0.529. The quantitative estimate of drug-likeness (QED) is 0.735.